The average Bonchev–Trinajstić information content (AvgIpc) is 3.55. The number of hydrogen-bond acceptors (Lipinski definition) is 7. The molecule has 0 saturated carbocycles. The number of anilines is 1. The van der Waals surface area contributed by atoms with E-state index in [9.17, 15) is 24.0 Å². The van der Waals surface area contributed by atoms with Crippen molar-refractivity contribution in [1.82, 2.24) is 15.5 Å². The molecule has 2 unspecified atom stereocenters. The number of carbonyl (C=O) groups is 5. The van der Waals surface area contributed by atoms with E-state index in [4.69, 9.17) is 21.1 Å². The Morgan fingerprint density at radius 1 is 1.15 bits per heavy atom. The molecule has 2 fully saturated rings. The summed E-state index contributed by atoms with van der Waals surface area (Å²) < 4.78 is 11.0. The largest absolute Gasteiger partial charge is 0.433 e. The Morgan fingerprint density at radius 3 is 2.60 bits per heavy atom. The first kappa shape index (κ1) is 29.0. The number of ether oxygens (including phenoxy) is 2. The Kier molecular flexibility index (Phi) is 9.38. The van der Waals surface area contributed by atoms with E-state index in [0.29, 0.717) is 25.1 Å². The Labute approximate surface area is 236 Å². The van der Waals surface area contributed by atoms with Crippen LogP contribution in [0.25, 0.3) is 0 Å². The molecule has 2 aliphatic heterocycles. The highest BCUT2D eigenvalue weighted by molar-refractivity contribution is 6.34. The molecule has 2 saturated heterocycles. The molecule has 3 N–H and O–H groups in total. The van der Waals surface area contributed by atoms with Crippen LogP contribution < -0.4 is 16.0 Å². The predicted molar refractivity (Wildman–Crippen MR) is 145 cm³/mol. The van der Waals surface area contributed by atoms with Crippen LogP contribution in [0, 0.1) is 0 Å². The quantitative estimate of drug-likeness (QED) is 0.393. The first-order chi connectivity index (χ1) is 19.1. The number of halogens is 1. The van der Waals surface area contributed by atoms with Crippen LogP contribution in [0.3, 0.4) is 0 Å². The monoisotopic (exact) mass is 570 g/mol. The average molecular weight is 571 g/mol. The zero-order valence-corrected chi connectivity index (χ0v) is 22.9. The third-order valence-corrected chi connectivity index (χ3v) is 6.96. The molecule has 4 atom stereocenters. The Balaban J connectivity index is 1.34. The van der Waals surface area contributed by atoms with Crippen LogP contribution in [0.15, 0.2) is 48.5 Å². The van der Waals surface area contributed by atoms with Crippen LogP contribution in [-0.4, -0.2) is 65.5 Å². The Hall–Kier alpha value is -3.96. The van der Waals surface area contributed by atoms with E-state index >= 15 is 0 Å². The molecule has 40 heavy (non-hydrogen) atoms. The lowest BCUT2D eigenvalue weighted by Gasteiger charge is -2.28. The third kappa shape index (κ3) is 7.16. The fraction of sp³-hybridized carbons (Fsp3) is 0.393. The second-order valence-corrected chi connectivity index (χ2v) is 10.1. The molecule has 0 spiro atoms. The van der Waals surface area contributed by atoms with Crippen molar-refractivity contribution in [3.8, 4) is 0 Å². The van der Waals surface area contributed by atoms with Crippen molar-refractivity contribution in [3.63, 3.8) is 0 Å². The van der Waals surface area contributed by atoms with Crippen molar-refractivity contribution in [1.29, 1.82) is 0 Å². The maximum absolute atomic E-state index is 13.2. The highest BCUT2D eigenvalue weighted by atomic mass is 35.5. The van der Waals surface area contributed by atoms with Gasteiger partial charge in [-0.25, -0.2) is 0 Å². The van der Waals surface area contributed by atoms with Crippen LogP contribution in [-0.2, 0) is 35.3 Å². The van der Waals surface area contributed by atoms with Gasteiger partial charge in [-0.2, -0.15) is 0 Å². The summed E-state index contributed by atoms with van der Waals surface area (Å²) in [6, 6.07) is 11.4. The minimum absolute atomic E-state index is 0.0401. The van der Waals surface area contributed by atoms with Gasteiger partial charge in [0, 0.05) is 19.0 Å². The van der Waals surface area contributed by atoms with E-state index in [0.717, 1.165) is 5.56 Å². The van der Waals surface area contributed by atoms with Gasteiger partial charge in [-0.3, -0.25) is 24.0 Å². The molecule has 0 aliphatic carbocycles. The summed E-state index contributed by atoms with van der Waals surface area (Å²) >= 11 is 6.16. The van der Waals surface area contributed by atoms with Crippen molar-refractivity contribution in [2.45, 2.75) is 64.1 Å². The summed E-state index contributed by atoms with van der Waals surface area (Å²) in [6.07, 6.45) is 0.0693. The molecule has 2 aromatic rings. The molecule has 0 bridgehead atoms. The number of esters is 1. The normalized spacial score (nSPS) is 20.9. The molecule has 2 aromatic carbocycles. The highest BCUT2D eigenvalue weighted by Gasteiger charge is 2.41. The fourth-order valence-electron chi connectivity index (χ4n) is 4.68. The Bertz CT molecular complexity index is 1290. The van der Waals surface area contributed by atoms with Gasteiger partial charge in [0.1, 0.15) is 18.1 Å². The number of likely N-dealkylation sites (tertiary alicyclic amines) is 1. The van der Waals surface area contributed by atoms with E-state index < -0.39 is 48.1 Å². The van der Waals surface area contributed by atoms with Crippen molar-refractivity contribution < 1.29 is 33.4 Å². The van der Waals surface area contributed by atoms with Gasteiger partial charge in [-0.1, -0.05) is 41.9 Å². The topological polar surface area (TPSA) is 143 Å². The van der Waals surface area contributed by atoms with E-state index in [2.05, 4.69) is 16.0 Å². The number of nitrogens with zero attached hydrogens (tertiary/aromatic N) is 1. The molecule has 2 aliphatic rings. The molecule has 12 heteroatoms. The van der Waals surface area contributed by atoms with Crippen LogP contribution in [0.4, 0.5) is 5.69 Å². The van der Waals surface area contributed by atoms with Crippen molar-refractivity contribution in [2.24, 2.45) is 0 Å². The number of amides is 4. The highest BCUT2D eigenvalue weighted by Crippen LogP contribution is 2.24. The molecule has 2 heterocycles. The molecule has 4 rings (SSSR count). The molecule has 0 radical (unpaired) electrons. The molecular weight excluding hydrogens is 540 g/mol. The van der Waals surface area contributed by atoms with Gasteiger partial charge < -0.3 is 30.3 Å². The predicted octanol–water partition coefficient (Wildman–Crippen LogP) is 2.38. The molecular formula is C28H31ClN4O7. The fourth-order valence-corrected chi connectivity index (χ4v) is 4.91. The van der Waals surface area contributed by atoms with Crippen molar-refractivity contribution in [2.75, 3.05) is 11.9 Å². The number of cyclic esters (lactones) is 1. The lowest BCUT2D eigenvalue weighted by Crippen LogP contribution is -2.54. The molecule has 212 valence electrons. The SMILES string of the molecule is CC(=O)Nc1ccc(C(=O)N[C@@H](C)C(=O)N2CCC[C@H]2C(=O)NC2CC(=O)OC2OCc2ccccc2)cc1Cl. The summed E-state index contributed by atoms with van der Waals surface area (Å²) in [7, 11) is 0. The van der Waals surface area contributed by atoms with E-state index in [1.54, 1.807) is 0 Å². The minimum atomic E-state index is -0.940. The smallest absolute Gasteiger partial charge is 0.310 e. The lowest BCUT2D eigenvalue weighted by molar-refractivity contribution is -0.168. The molecule has 11 nitrogen and oxygen atoms in total. The second-order valence-electron chi connectivity index (χ2n) is 9.73. The lowest BCUT2D eigenvalue weighted by atomic mass is 10.1. The minimum Gasteiger partial charge on any atom is -0.433 e. The van der Waals surface area contributed by atoms with Gasteiger partial charge in [-0.05, 0) is 43.5 Å². The van der Waals surface area contributed by atoms with Crippen LogP contribution in [0.5, 0.6) is 0 Å². The van der Waals surface area contributed by atoms with Crippen molar-refractivity contribution >= 4 is 46.9 Å². The third-order valence-electron chi connectivity index (χ3n) is 6.65. The summed E-state index contributed by atoms with van der Waals surface area (Å²) in [6.45, 7) is 3.44. The zero-order chi connectivity index (χ0) is 28.8. The van der Waals surface area contributed by atoms with E-state index in [1.807, 2.05) is 30.3 Å². The molecule has 0 aromatic heterocycles. The number of rotatable bonds is 9. The van der Waals surface area contributed by atoms with Crippen LogP contribution >= 0.6 is 11.6 Å². The zero-order valence-electron chi connectivity index (χ0n) is 22.1. The van der Waals surface area contributed by atoms with Gasteiger partial charge in [0.15, 0.2) is 0 Å². The van der Waals surface area contributed by atoms with E-state index in [-0.39, 0.29) is 29.5 Å². The van der Waals surface area contributed by atoms with E-state index in [1.165, 1.54) is 36.9 Å². The number of hydrogen-bond donors (Lipinski definition) is 3. The number of nitrogens with one attached hydrogen (secondary N) is 3. The van der Waals surface area contributed by atoms with Gasteiger partial charge >= 0.3 is 5.97 Å². The maximum Gasteiger partial charge on any atom is 0.310 e. The summed E-state index contributed by atoms with van der Waals surface area (Å²) in [5, 5.41) is 8.20. The summed E-state index contributed by atoms with van der Waals surface area (Å²) in [5.41, 5.74) is 1.47. The standard InChI is InChI=1S/C28H31ClN4O7/c1-16(30-25(36)19-10-11-21(20(29)13-19)31-17(2)34)27(38)33-12-6-9-23(33)26(37)32-22-14-24(35)40-28(22)39-15-18-7-4-3-5-8-18/h3-5,7-8,10-11,13,16,22-23,28H,6,9,12,14-15H2,1-2H3,(H,30,36)(H,31,34)(H,32,37)/t16-,22?,23-,28?/m0/s1. The van der Waals surface area contributed by atoms with Gasteiger partial charge in [0.05, 0.1) is 23.7 Å². The first-order valence-electron chi connectivity index (χ1n) is 13.0. The van der Waals surface area contributed by atoms with Gasteiger partial charge in [0.25, 0.3) is 5.91 Å². The second kappa shape index (κ2) is 12.9. The van der Waals surface area contributed by atoms with Crippen LogP contribution in [0.2, 0.25) is 5.02 Å². The summed E-state index contributed by atoms with van der Waals surface area (Å²) in [5.74, 6) is -2.14. The summed E-state index contributed by atoms with van der Waals surface area (Å²) in [4.78, 5) is 63.9. The number of carbonyl (C=O) groups excluding carboxylic acids is 5. The Morgan fingerprint density at radius 2 is 1.90 bits per heavy atom. The number of benzene rings is 2. The maximum atomic E-state index is 13.2. The van der Waals surface area contributed by atoms with Gasteiger partial charge in [-0.15, -0.1) is 0 Å². The first-order valence-corrected chi connectivity index (χ1v) is 13.3. The van der Waals surface area contributed by atoms with Crippen molar-refractivity contribution in [3.05, 3.63) is 64.7 Å². The van der Waals surface area contributed by atoms with Crippen LogP contribution in [0.1, 0.15) is 49.0 Å². The molecule has 4 amide bonds. The van der Waals surface area contributed by atoms with Gasteiger partial charge in [0.2, 0.25) is 24.0 Å².